The Balaban J connectivity index is 1.71. The van der Waals surface area contributed by atoms with Gasteiger partial charge in [0.15, 0.2) is 0 Å². The van der Waals surface area contributed by atoms with Gasteiger partial charge in [-0.2, -0.15) is 5.10 Å². The molecule has 0 atom stereocenters. The van der Waals surface area contributed by atoms with E-state index in [4.69, 9.17) is 0 Å². The molecule has 2 N–H and O–H groups in total. The van der Waals surface area contributed by atoms with E-state index in [1.54, 1.807) is 12.1 Å². The highest BCUT2D eigenvalue weighted by Gasteiger charge is 2.31. The van der Waals surface area contributed by atoms with Crippen LogP contribution in [0.3, 0.4) is 0 Å². The minimum absolute atomic E-state index is 0.318. The molecule has 2 aromatic carbocycles. The molecule has 3 aromatic rings. The maximum absolute atomic E-state index is 13.6. The molecule has 4 nitrogen and oxygen atoms in total. The lowest BCUT2D eigenvalue weighted by molar-refractivity contribution is 0.102. The van der Waals surface area contributed by atoms with E-state index in [-0.39, 0.29) is 11.7 Å². The van der Waals surface area contributed by atoms with Crippen LogP contribution in [-0.4, -0.2) is 16.1 Å². The molecule has 0 bridgehead atoms. The monoisotopic (exact) mass is 339 g/mol. The van der Waals surface area contributed by atoms with Crippen LogP contribution in [-0.2, 0) is 0 Å². The van der Waals surface area contributed by atoms with Crippen LogP contribution < -0.4 is 5.32 Å². The van der Waals surface area contributed by atoms with Crippen molar-refractivity contribution >= 4 is 11.6 Å². The Kier molecular flexibility index (Phi) is 3.80. The number of H-pyrrole nitrogens is 1. The Morgan fingerprint density at radius 1 is 1.08 bits per heavy atom. The number of nitrogens with one attached hydrogen (secondary N) is 2. The van der Waals surface area contributed by atoms with Crippen LogP contribution in [0.4, 0.5) is 14.5 Å². The SMILES string of the molecule is O=C(Nc1c(-c2cccc(F)c2)n[nH]c1C1CC1)c1ccc(F)cc1. The van der Waals surface area contributed by atoms with Gasteiger partial charge in [0.25, 0.3) is 5.91 Å². The fourth-order valence-corrected chi connectivity index (χ4v) is 2.78. The highest BCUT2D eigenvalue weighted by molar-refractivity contribution is 6.06. The fraction of sp³-hybridized carbons (Fsp3) is 0.158. The van der Waals surface area contributed by atoms with E-state index >= 15 is 0 Å². The first kappa shape index (κ1) is 15.5. The zero-order chi connectivity index (χ0) is 17.4. The first-order chi connectivity index (χ1) is 12.1. The van der Waals surface area contributed by atoms with Crippen molar-refractivity contribution < 1.29 is 13.6 Å². The van der Waals surface area contributed by atoms with Gasteiger partial charge in [0.2, 0.25) is 0 Å². The third-order valence-corrected chi connectivity index (χ3v) is 4.22. The molecule has 0 saturated heterocycles. The molecule has 1 aliphatic carbocycles. The number of anilines is 1. The van der Waals surface area contributed by atoms with Crippen LogP contribution in [0.1, 0.15) is 34.8 Å². The zero-order valence-corrected chi connectivity index (χ0v) is 13.2. The number of carbonyl (C=O) groups excluding carboxylic acids is 1. The second-order valence-electron chi connectivity index (χ2n) is 6.11. The second kappa shape index (κ2) is 6.12. The molecule has 1 fully saturated rings. The molecule has 4 rings (SSSR count). The number of nitrogens with zero attached hydrogens (tertiary/aromatic N) is 1. The average Bonchev–Trinajstić information content (AvgIpc) is 3.36. The highest BCUT2D eigenvalue weighted by atomic mass is 19.1. The molecule has 1 aliphatic rings. The van der Waals surface area contributed by atoms with E-state index in [0.29, 0.717) is 28.4 Å². The summed E-state index contributed by atoms with van der Waals surface area (Å²) in [5.74, 6) is -0.817. The Bertz CT molecular complexity index is 930. The largest absolute Gasteiger partial charge is 0.319 e. The van der Waals surface area contributed by atoms with E-state index in [2.05, 4.69) is 15.5 Å². The maximum Gasteiger partial charge on any atom is 0.255 e. The lowest BCUT2D eigenvalue weighted by Crippen LogP contribution is -2.13. The van der Waals surface area contributed by atoms with Crippen molar-refractivity contribution in [3.63, 3.8) is 0 Å². The van der Waals surface area contributed by atoms with Gasteiger partial charge in [-0.25, -0.2) is 8.78 Å². The number of aromatic amines is 1. The van der Waals surface area contributed by atoms with Gasteiger partial charge in [-0.1, -0.05) is 12.1 Å². The first-order valence-corrected chi connectivity index (χ1v) is 8.03. The van der Waals surface area contributed by atoms with Crippen LogP contribution in [0.2, 0.25) is 0 Å². The summed E-state index contributed by atoms with van der Waals surface area (Å²) in [7, 11) is 0. The summed E-state index contributed by atoms with van der Waals surface area (Å²) < 4.78 is 26.6. The first-order valence-electron chi connectivity index (χ1n) is 8.03. The summed E-state index contributed by atoms with van der Waals surface area (Å²) in [6, 6.07) is 11.4. The number of aromatic nitrogens is 2. The van der Waals surface area contributed by atoms with E-state index in [1.807, 2.05) is 0 Å². The fourth-order valence-electron chi connectivity index (χ4n) is 2.78. The molecule has 1 aromatic heterocycles. The molecule has 0 aliphatic heterocycles. The van der Waals surface area contributed by atoms with Crippen LogP contribution >= 0.6 is 0 Å². The highest BCUT2D eigenvalue weighted by Crippen LogP contribution is 2.45. The molecule has 0 spiro atoms. The van der Waals surface area contributed by atoms with Gasteiger partial charge in [0, 0.05) is 17.0 Å². The molecule has 1 amide bonds. The summed E-state index contributed by atoms with van der Waals surface area (Å²) in [6.45, 7) is 0. The molecule has 1 saturated carbocycles. The normalized spacial score (nSPS) is 13.7. The van der Waals surface area contributed by atoms with Crippen molar-refractivity contribution in [3.8, 4) is 11.3 Å². The number of amides is 1. The van der Waals surface area contributed by atoms with Gasteiger partial charge in [0.05, 0.1) is 11.4 Å². The quantitative estimate of drug-likeness (QED) is 0.736. The van der Waals surface area contributed by atoms with Crippen LogP contribution in [0, 0.1) is 11.6 Å². The van der Waals surface area contributed by atoms with E-state index in [9.17, 15) is 13.6 Å². The Morgan fingerprint density at radius 3 is 2.52 bits per heavy atom. The lowest BCUT2D eigenvalue weighted by Gasteiger charge is -2.08. The van der Waals surface area contributed by atoms with Crippen molar-refractivity contribution in [1.29, 1.82) is 0 Å². The van der Waals surface area contributed by atoms with Crippen LogP contribution in [0.25, 0.3) is 11.3 Å². The molecule has 0 radical (unpaired) electrons. The molecule has 25 heavy (non-hydrogen) atoms. The van der Waals surface area contributed by atoms with Gasteiger partial charge in [-0.05, 0) is 49.2 Å². The molecule has 0 unspecified atom stereocenters. The average molecular weight is 339 g/mol. The Hall–Kier alpha value is -3.02. The van der Waals surface area contributed by atoms with Gasteiger partial charge in [-0.3, -0.25) is 9.89 Å². The predicted molar refractivity (Wildman–Crippen MR) is 90.3 cm³/mol. The van der Waals surface area contributed by atoms with E-state index in [1.165, 1.54) is 36.4 Å². The number of halogens is 2. The third-order valence-electron chi connectivity index (χ3n) is 4.22. The van der Waals surface area contributed by atoms with Crippen molar-refractivity contribution in [2.24, 2.45) is 0 Å². The Labute approximate surface area is 142 Å². The van der Waals surface area contributed by atoms with Crippen molar-refractivity contribution in [1.82, 2.24) is 10.2 Å². The standard InChI is InChI=1S/C19H15F2N3O/c20-14-8-6-12(7-9-14)19(25)22-18-16(11-4-5-11)23-24-17(18)13-2-1-3-15(21)10-13/h1-3,6-11H,4-5H2,(H,22,25)(H,23,24). The summed E-state index contributed by atoms with van der Waals surface area (Å²) >= 11 is 0. The molecule has 1 heterocycles. The minimum Gasteiger partial charge on any atom is -0.319 e. The van der Waals surface area contributed by atoms with Crippen LogP contribution in [0.5, 0.6) is 0 Å². The second-order valence-corrected chi connectivity index (χ2v) is 6.11. The minimum atomic E-state index is -0.404. The smallest absolute Gasteiger partial charge is 0.255 e. The van der Waals surface area contributed by atoms with Crippen molar-refractivity contribution in [2.45, 2.75) is 18.8 Å². The van der Waals surface area contributed by atoms with Gasteiger partial charge in [0.1, 0.15) is 17.3 Å². The number of carbonyl (C=O) groups is 1. The number of benzene rings is 2. The molecular weight excluding hydrogens is 324 g/mol. The van der Waals surface area contributed by atoms with Crippen LogP contribution in [0.15, 0.2) is 48.5 Å². The summed E-state index contributed by atoms with van der Waals surface area (Å²) in [5.41, 5.74) is 2.82. The summed E-state index contributed by atoms with van der Waals surface area (Å²) in [4.78, 5) is 12.5. The van der Waals surface area contributed by atoms with Gasteiger partial charge in [-0.15, -0.1) is 0 Å². The lowest BCUT2D eigenvalue weighted by atomic mass is 10.1. The molecule has 6 heteroatoms. The third kappa shape index (κ3) is 3.15. The Morgan fingerprint density at radius 2 is 1.84 bits per heavy atom. The van der Waals surface area contributed by atoms with E-state index < -0.39 is 5.82 Å². The number of rotatable bonds is 4. The topological polar surface area (TPSA) is 57.8 Å². The van der Waals surface area contributed by atoms with Gasteiger partial charge < -0.3 is 5.32 Å². The zero-order valence-electron chi connectivity index (χ0n) is 13.2. The number of hydrogen-bond donors (Lipinski definition) is 2. The summed E-state index contributed by atoms with van der Waals surface area (Å²) in [5, 5.41) is 10.1. The molecular formula is C19H15F2N3O. The summed E-state index contributed by atoms with van der Waals surface area (Å²) in [6.07, 6.45) is 2.04. The predicted octanol–water partition coefficient (Wildman–Crippen LogP) is 4.48. The van der Waals surface area contributed by atoms with Crippen molar-refractivity contribution in [3.05, 3.63) is 71.4 Å². The van der Waals surface area contributed by atoms with Crippen molar-refractivity contribution in [2.75, 3.05) is 5.32 Å². The van der Waals surface area contributed by atoms with E-state index in [0.717, 1.165) is 18.5 Å². The number of hydrogen-bond acceptors (Lipinski definition) is 2. The molecule has 126 valence electrons. The maximum atomic E-state index is 13.6. The van der Waals surface area contributed by atoms with Gasteiger partial charge >= 0.3 is 0 Å².